The normalized spacial score (nSPS) is 23.7. The van der Waals surface area contributed by atoms with Gasteiger partial charge < -0.3 is 0 Å². The van der Waals surface area contributed by atoms with E-state index in [0.29, 0.717) is 17.7 Å². The number of sulfonamides is 1. The summed E-state index contributed by atoms with van der Waals surface area (Å²) in [5.74, 6) is 0. The van der Waals surface area contributed by atoms with Crippen LogP contribution < -0.4 is 0 Å². The maximum atomic E-state index is 13.9. The Morgan fingerprint density at radius 3 is 2.29 bits per heavy atom. The van der Waals surface area contributed by atoms with Gasteiger partial charge in [-0.15, -0.1) is 0 Å². The first-order valence-electron chi connectivity index (χ1n) is 9.69. The SMILES string of the molecule is Cc1ccc(S(=O)(=O)N2C3Cc4ccccc4CC2(C)c2ccccc23)cc1. The van der Waals surface area contributed by atoms with E-state index in [9.17, 15) is 8.42 Å². The molecule has 2 unspecified atom stereocenters. The van der Waals surface area contributed by atoms with E-state index in [4.69, 9.17) is 0 Å². The number of fused-ring (bicyclic) bond motifs is 6. The first-order valence-corrected chi connectivity index (χ1v) is 11.1. The highest BCUT2D eigenvalue weighted by Gasteiger charge is 2.54. The van der Waals surface area contributed by atoms with Crippen LogP contribution in [0.3, 0.4) is 0 Å². The molecule has 0 saturated heterocycles. The Bertz CT molecular complexity index is 1170. The lowest BCUT2D eigenvalue weighted by Gasteiger charge is -2.36. The fourth-order valence-corrected chi connectivity index (χ4v) is 6.92. The standard InChI is InChI=1S/C24H23NO2S/c1-17-11-13-20(14-12-17)28(26,27)25-23-15-18-7-3-4-8-19(18)16-24(25,2)22-10-6-5-9-21(22)23/h3-14,23H,15-16H2,1-2H3. The van der Waals surface area contributed by atoms with E-state index < -0.39 is 15.6 Å². The lowest BCUT2D eigenvalue weighted by Crippen LogP contribution is -2.45. The zero-order chi connectivity index (χ0) is 19.5. The molecule has 3 aromatic carbocycles. The van der Waals surface area contributed by atoms with Gasteiger partial charge in [0.05, 0.1) is 16.5 Å². The molecule has 3 nitrogen and oxygen atoms in total. The van der Waals surface area contributed by atoms with Crippen molar-refractivity contribution in [3.05, 3.63) is 101 Å². The van der Waals surface area contributed by atoms with Crippen LogP contribution in [0.15, 0.2) is 77.7 Å². The summed E-state index contributed by atoms with van der Waals surface area (Å²) in [6.07, 6.45) is 1.38. The Kier molecular flexibility index (Phi) is 3.80. The molecule has 28 heavy (non-hydrogen) atoms. The number of rotatable bonds is 2. The predicted molar refractivity (Wildman–Crippen MR) is 111 cm³/mol. The second kappa shape index (κ2) is 6.03. The predicted octanol–water partition coefficient (Wildman–Crippen LogP) is 4.75. The average molecular weight is 390 g/mol. The number of benzene rings is 3. The van der Waals surface area contributed by atoms with Gasteiger partial charge in [0.25, 0.3) is 0 Å². The van der Waals surface area contributed by atoms with E-state index in [2.05, 4.69) is 31.2 Å². The zero-order valence-corrected chi connectivity index (χ0v) is 16.9. The summed E-state index contributed by atoms with van der Waals surface area (Å²) in [6, 6.07) is 23.6. The van der Waals surface area contributed by atoms with Crippen molar-refractivity contribution in [2.24, 2.45) is 0 Å². The molecule has 2 aliphatic rings. The monoisotopic (exact) mass is 389 g/mol. The molecule has 0 aliphatic carbocycles. The van der Waals surface area contributed by atoms with Gasteiger partial charge in [0.1, 0.15) is 0 Å². The second-order valence-electron chi connectivity index (χ2n) is 8.14. The molecule has 5 rings (SSSR count). The van der Waals surface area contributed by atoms with Crippen molar-refractivity contribution < 1.29 is 8.42 Å². The molecule has 0 radical (unpaired) electrons. The zero-order valence-electron chi connectivity index (χ0n) is 16.1. The van der Waals surface area contributed by atoms with E-state index in [1.54, 1.807) is 16.4 Å². The van der Waals surface area contributed by atoms with Crippen LogP contribution in [0.5, 0.6) is 0 Å². The largest absolute Gasteiger partial charge is 0.244 e. The van der Waals surface area contributed by atoms with Gasteiger partial charge in [0, 0.05) is 0 Å². The Labute approximate surface area is 166 Å². The van der Waals surface area contributed by atoms with Crippen LogP contribution in [0.25, 0.3) is 0 Å². The van der Waals surface area contributed by atoms with Gasteiger partial charge >= 0.3 is 0 Å². The molecule has 0 spiro atoms. The van der Waals surface area contributed by atoms with Crippen LogP contribution in [0.2, 0.25) is 0 Å². The van der Waals surface area contributed by atoms with Gasteiger partial charge in [-0.2, -0.15) is 4.31 Å². The minimum absolute atomic E-state index is 0.184. The van der Waals surface area contributed by atoms with Crippen molar-refractivity contribution in [2.45, 2.75) is 43.2 Å². The molecule has 0 fully saturated rings. The number of hydrogen-bond acceptors (Lipinski definition) is 2. The summed E-state index contributed by atoms with van der Waals surface area (Å²) in [5, 5.41) is 0. The summed E-state index contributed by atoms with van der Waals surface area (Å²) in [4.78, 5) is 0.369. The third-order valence-corrected chi connectivity index (χ3v) is 8.36. The Morgan fingerprint density at radius 2 is 1.54 bits per heavy atom. The highest BCUT2D eigenvalue weighted by Crippen LogP contribution is 2.54. The van der Waals surface area contributed by atoms with Crippen LogP contribution >= 0.6 is 0 Å². The molecular weight excluding hydrogens is 366 g/mol. The van der Waals surface area contributed by atoms with Crippen LogP contribution in [-0.2, 0) is 28.4 Å². The molecular formula is C24H23NO2S. The van der Waals surface area contributed by atoms with Gasteiger partial charge in [0.2, 0.25) is 10.0 Å². The van der Waals surface area contributed by atoms with Gasteiger partial charge in [-0.25, -0.2) is 8.42 Å². The van der Waals surface area contributed by atoms with Crippen molar-refractivity contribution in [1.82, 2.24) is 4.31 Å². The Hall–Kier alpha value is -2.43. The van der Waals surface area contributed by atoms with Crippen molar-refractivity contribution in [1.29, 1.82) is 0 Å². The molecule has 0 saturated carbocycles. The van der Waals surface area contributed by atoms with Crippen LogP contribution in [0.4, 0.5) is 0 Å². The molecule has 2 atom stereocenters. The molecule has 2 bridgehead atoms. The van der Waals surface area contributed by atoms with Crippen molar-refractivity contribution in [2.75, 3.05) is 0 Å². The third kappa shape index (κ3) is 2.41. The summed E-state index contributed by atoms with van der Waals surface area (Å²) in [5.41, 5.74) is 5.21. The molecule has 2 heterocycles. The Morgan fingerprint density at radius 1 is 0.893 bits per heavy atom. The summed E-state index contributed by atoms with van der Waals surface area (Å²) in [7, 11) is -3.65. The quantitative estimate of drug-likeness (QED) is 0.634. The van der Waals surface area contributed by atoms with Gasteiger partial charge in [0.15, 0.2) is 0 Å². The van der Waals surface area contributed by atoms with Gasteiger partial charge in [-0.05, 0) is 61.1 Å². The lowest BCUT2D eigenvalue weighted by atomic mass is 9.82. The summed E-state index contributed by atoms with van der Waals surface area (Å²) < 4.78 is 29.5. The van der Waals surface area contributed by atoms with Crippen molar-refractivity contribution in [3.63, 3.8) is 0 Å². The topological polar surface area (TPSA) is 37.4 Å². The van der Waals surface area contributed by atoms with E-state index in [1.165, 1.54) is 11.1 Å². The highest BCUT2D eigenvalue weighted by molar-refractivity contribution is 7.89. The van der Waals surface area contributed by atoms with Crippen LogP contribution in [0, 0.1) is 6.92 Å². The first-order chi connectivity index (χ1) is 13.4. The van der Waals surface area contributed by atoms with E-state index in [1.807, 2.05) is 43.3 Å². The van der Waals surface area contributed by atoms with Crippen LogP contribution in [-0.4, -0.2) is 12.7 Å². The minimum Gasteiger partial charge on any atom is -0.207 e. The molecule has 2 aliphatic heterocycles. The van der Waals surface area contributed by atoms with E-state index in [0.717, 1.165) is 16.7 Å². The Balaban J connectivity index is 1.74. The molecule has 4 heteroatoms. The van der Waals surface area contributed by atoms with E-state index in [-0.39, 0.29) is 6.04 Å². The van der Waals surface area contributed by atoms with Crippen molar-refractivity contribution >= 4 is 10.0 Å². The van der Waals surface area contributed by atoms with Gasteiger partial charge in [-0.3, -0.25) is 0 Å². The minimum atomic E-state index is -3.65. The third-order valence-electron chi connectivity index (χ3n) is 6.31. The van der Waals surface area contributed by atoms with E-state index >= 15 is 0 Å². The summed E-state index contributed by atoms with van der Waals surface area (Å²) in [6.45, 7) is 4.06. The lowest BCUT2D eigenvalue weighted by molar-refractivity contribution is 0.194. The fraction of sp³-hybridized carbons (Fsp3) is 0.250. The average Bonchev–Trinajstić information content (AvgIpc) is 2.83. The summed E-state index contributed by atoms with van der Waals surface area (Å²) >= 11 is 0. The molecule has 0 aromatic heterocycles. The van der Waals surface area contributed by atoms with Crippen molar-refractivity contribution in [3.8, 4) is 0 Å². The maximum absolute atomic E-state index is 13.9. The number of nitrogens with zero attached hydrogens (tertiary/aromatic N) is 1. The molecule has 0 N–H and O–H groups in total. The van der Waals surface area contributed by atoms with Crippen LogP contribution in [0.1, 0.15) is 40.8 Å². The van der Waals surface area contributed by atoms with Gasteiger partial charge in [-0.1, -0.05) is 66.2 Å². The number of hydrogen-bond donors (Lipinski definition) is 0. The smallest absolute Gasteiger partial charge is 0.207 e. The fourth-order valence-electron chi connectivity index (χ4n) is 5.00. The second-order valence-corrected chi connectivity index (χ2v) is 9.96. The molecule has 142 valence electrons. The highest BCUT2D eigenvalue weighted by atomic mass is 32.2. The molecule has 0 amide bonds. The maximum Gasteiger partial charge on any atom is 0.244 e. The number of aryl methyl sites for hydroxylation is 1. The molecule has 3 aromatic rings. The first kappa shape index (κ1) is 17.7.